The van der Waals surface area contributed by atoms with Gasteiger partial charge >= 0.3 is 0 Å². The van der Waals surface area contributed by atoms with E-state index in [1.807, 2.05) is 7.05 Å². The Morgan fingerprint density at radius 1 is 1.53 bits per heavy atom. The fourth-order valence-electron chi connectivity index (χ4n) is 2.93. The average Bonchev–Trinajstić information content (AvgIpc) is 2.99. The Bertz CT molecular complexity index is 285. The number of carbonyl (C=O) groups excluding carboxylic acids is 1. The van der Waals surface area contributed by atoms with Gasteiger partial charge in [-0.3, -0.25) is 4.79 Å². The van der Waals surface area contributed by atoms with Gasteiger partial charge in [0.05, 0.1) is 6.10 Å². The lowest BCUT2D eigenvalue weighted by Crippen LogP contribution is -2.35. The molecule has 1 aliphatic heterocycles. The molecule has 0 bridgehead atoms. The largest absolute Gasteiger partial charge is 0.393 e. The number of rotatable bonds is 4. The van der Waals surface area contributed by atoms with Crippen LogP contribution in [0.5, 0.6) is 0 Å². The van der Waals surface area contributed by atoms with Gasteiger partial charge in [-0.15, -0.1) is 0 Å². The zero-order chi connectivity index (χ0) is 12.5. The lowest BCUT2D eigenvalue weighted by molar-refractivity contribution is -0.132. The van der Waals surface area contributed by atoms with E-state index in [-0.39, 0.29) is 17.9 Å². The predicted octanol–water partition coefficient (Wildman–Crippen LogP) is 0.605. The SMILES string of the molecule is CC(O)CCN(C)C(=O)C1CC12CCNCC2. The van der Waals surface area contributed by atoms with Gasteiger partial charge in [0.2, 0.25) is 5.91 Å². The molecule has 1 saturated carbocycles. The van der Waals surface area contributed by atoms with Crippen LogP contribution in [0.3, 0.4) is 0 Å². The molecule has 2 aliphatic rings. The summed E-state index contributed by atoms with van der Waals surface area (Å²) in [6.07, 6.45) is 3.72. The summed E-state index contributed by atoms with van der Waals surface area (Å²) in [6.45, 7) is 4.55. The average molecular weight is 240 g/mol. The summed E-state index contributed by atoms with van der Waals surface area (Å²) >= 11 is 0. The van der Waals surface area contributed by atoms with Crippen molar-refractivity contribution in [3.8, 4) is 0 Å². The van der Waals surface area contributed by atoms with Crippen LogP contribution < -0.4 is 5.32 Å². The van der Waals surface area contributed by atoms with Crippen LogP contribution in [0.2, 0.25) is 0 Å². The van der Waals surface area contributed by atoms with E-state index in [9.17, 15) is 9.90 Å². The Labute approximate surface area is 103 Å². The van der Waals surface area contributed by atoms with E-state index in [4.69, 9.17) is 0 Å². The number of hydrogen-bond donors (Lipinski definition) is 2. The van der Waals surface area contributed by atoms with Crippen molar-refractivity contribution in [3.05, 3.63) is 0 Å². The monoisotopic (exact) mass is 240 g/mol. The van der Waals surface area contributed by atoms with Gasteiger partial charge in [-0.2, -0.15) is 0 Å². The van der Waals surface area contributed by atoms with Crippen molar-refractivity contribution in [2.45, 2.75) is 38.7 Å². The summed E-state index contributed by atoms with van der Waals surface area (Å²) in [4.78, 5) is 14.0. The molecule has 17 heavy (non-hydrogen) atoms. The molecule has 4 nitrogen and oxygen atoms in total. The lowest BCUT2D eigenvalue weighted by Gasteiger charge is -2.25. The third kappa shape index (κ3) is 2.80. The van der Waals surface area contributed by atoms with Crippen molar-refractivity contribution in [1.29, 1.82) is 0 Å². The molecular formula is C13H24N2O2. The Balaban J connectivity index is 1.81. The molecule has 0 aromatic heterocycles. The molecule has 0 aromatic carbocycles. The molecule has 2 unspecified atom stereocenters. The first kappa shape index (κ1) is 12.8. The molecule has 98 valence electrons. The molecular weight excluding hydrogens is 216 g/mol. The predicted molar refractivity (Wildman–Crippen MR) is 66.6 cm³/mol. The normalized spacial score (nSPS) is 27.8. The van der Waals surface area contributed by atoms with Crippen molar-refractivity contribution in [2.24, 2.45) is 11.3 Å². The van der Waals surface area contributed by atoms with Crippen LogP contribution >= 0.6 is 0 Å². The van der Waals surface area contributed by atoms with Crippen LogP contribution in [0.25, 0.3) is 0 Å². The molecule has 0 aromatic rings. The van der Waals surface area contributed by atoms with Crippen molar-refractivity contribution < 1.29 is 9.90 Å². The van der Waals surface area contributed by atoms with Gasteiger partial charge in [0.15, 0.2) is 0 Å². The zero-order valence-corrected chi connectivity index (χ0v) is 10.9. The van der Waals surface area contributed by atoms with Gasteiger partial charge in [0.1, 0.15) is 0 Å². The summed E-state index contributed by atoms with van der Waals surface area (Å²) in [5.74, 6) is 0.538. The minimum absolute atomic E-state index is 0.253. The minimum Gasteiger partial charge on any atom is -0.393 e. The molecule has 2 fully saturated rings. The standard InChI is InChI=1S/C13H24N2O2/c1-10(16)3-8-15(2)12(17)11-9-13(11)4-6-14-7-5-13/h10-11,14,16H,3-9H2,1-2H3. The van der Waals surface area contributed by atoms with E-state index in [1.54, 1.807) is 11.8 Å². The molecule has 4 heteroatoms. The van der Waals surface area contributed by atoms with Crippen molar-refractivity contribution >= 4 is 5.91 Å². The summed E-state index contributed by atoms with van der Waals surface area (Å²) in [7, 11) is 1.86. The van der Waals surface area contributed by atoms with Gasteiger partial charge in [0, 0.05) is 19.5 Å². The third-order valence-electron chi connectivity index (χ3n) is 4.35. The first-order valence-corrected chi connectivity index (χ1v) is 6.69. The van der Waals surface area contributed by atoms with Gasteiger partial charge < -0.3 is 15.3 Å². The van der Waals surface area contributed by atoms with Crippen LogP contribution in [-0.2, 0) is 4.79 Å². The molecule has 1 spiro atoms. The number of carbonyl (C=O) groups is 1. The van der Waals surface area contributed by atoms with E-state index in [0.29, 0.717) is 18.4 Å². The maximum absolute atomic E-state index is 12.2. The maximum Gasteiger partial charge on any atom is 0.226 e. The highest BCUT2D eigenvalue weighted by Gasteiger charge is 2.58. The summed E-state index contributed by atoms with van der Waals surface area (Å²) in [5, 5.41) is 12.6. The third-order valence-corrected chi connectivity index (χ3v) is 4.35. The lowest BCUT2D eigenvalue weighted by atomic mass is 9.91. The highest BCUT2D eigenvalue weighted by atomic mass is 16.3. The highest BCUT2D eigenvalue weighted by molar-refractivity contribution is 5.82. The number of piperidine rings is 1. The summed E-state index contributed by atoms with van der Waals surface area (Å²) < 4.78 is 0. The Morgan fingerprint density at radius 2 is 2.18 bits per heavy atom. The second-order valence-electron chi connectivity index (χ2n) is 5.77. The number of nitrogens with one attached hydrogen (secondary N) is 1. The molecule has 2 atom stereocenters. The fourth-order valence-corrected chi connectivity index (χ4v) is 2.93. The Hall–Kier alpha value is -0.610. The number of hydrogen-bond acceptors (Lipinski definition) is 3. The zero-order valence-electron chi connectivity index (χ0n) is 10.9. The van der Waals surface area contributed by atoms with Gasteiger partial charge in [-0.05, 0) is 51.1 Å². The van der Waals surface area contributed by atoms with E-state index >= 15 is 0 Å². The molecule has 0 radical (unpaired) electrons. The maximum atomic E-state index is 12.2. The number of aliphatic hydroxyl groups is 1. The first-order chi connectivity index (χ1) is 8.05. The summed E-state index contributed by atoms with van der Waals surface area (Å²) in [6, 6.07) is 0. The molecule has 2 rings (SSSR count). The van der Waals surface area contributed by atoms with Gasteiger partial charge in [-0.25, -0.2) is 0 Å². The van der Waals surface area contributed by atoms with Crippen LogP contribution in [0.15, 0.2) is 0 Å². The number of nitrogens with zero attached hydrogens (tertiary/aromatic N) is 1. The van der Waals surface area contributed by atoms with E-state index in [2.05, 4.69) is 5.32 Å². The van der Waals surface area contributed by atoms with Gasteiger partial charge in [-0.1, -0.05) is 0 Å². The van der Waals surface area contributed by atoms with Gasteiger partial charge in [0.25, 0.3) is 0 Å². The minimum atomic E-state index is -0.322. The fraction of sp³-hybridized carbons (Fsp3) is 0.923. The Kier molecular flexibility index (Phi) is 3.73. The van der Waals surface area contributed by atoms with Crippen LogP contribution in [0.1, 0.15) is 32.6 Å². The van der Waals surface area contributed by atoms with Crippen molar-refractivity contribution in [3.63, 3.8) is 0 Å². The molecule has 1 heterocycles. The highest BCUT2D eigenvalue weighted by Crippen LogP contribution is 2.59. The molecule has 1 aliphatic carbocycles. The number of aliphatic hydroxyl groups excluding tert-OH is 1. The van der Waals surface area contributed by atoms with Crippen LogP contribution in [0, 0.1) is 11.3 Å². The Morgan fingerprint density at radius 3 is 2.76 bits per heavy atom. The van der Waals surface area contributed by atoms with Crippen molar-refractivity contribution in [2.75, 3.05) is 26.7 Å². The summed E-state index contributed by atoms with van der Waals surface area (Å²) in [5.41, 5.74) is 0.321. The second-order valence-corrected chi connectivity index (χ2v) is 5.77. The molecule has 1 saturated heterocycles. The molecule has 2 N–H and O–H groups in total. The second kappa shape index (κ2) is 4.94. The van der Waals surface area contributed by atoms with E-state index < -0.39 is 0 Å². The van der Waals surface area contributed by atoms with Crippen LogP contribution in [0.4, 0.5) is 0 Å². The topological polar surface area (TPSA) is 52.6 Å². The van der Waals surface area contributed by atoms with Crippen molar-refractivity contribution in [1.82, 2.24) is 10.2 Å². The molecule has 1 amide bonds. The smallest absolute Gasteiger partial charge is 0.226 e. The van der Waals surface area contributed by atoms with Crippen LogP contribution in [-0.4, -0.2) is 48.7 Å². The number of amides is 1. The van der Waals surface area contributed by atoms with E-state index in [0.717, 1.165) is 32.4 Å². The first-order valence-electron chi connectivity index (χ1n) is 6.69. The quantitative estimate of drug-likeness (QED) is 0.757. The van der Waals surface area contributed by atoms with E-state index in [1.165, 1.54) is 0 Å².